The highest BCUT2D eigenvalue weighted by Crippen LogP contribution is 2.06. The Labute approximate surface area is 157 Å². The SMILES string of the molecule is O=C(CN1CCN(C(=O)c2cnccn2)CC1)NCCc1ccc(F)cc1. The van der Waals surface area contributed by atoms with Crippen molar-refractivity contribution in [2.24, 2.45) is 0 Å². The van der Waals surface area contributed by atoms with Crippen LogP contribution in [0.5, 0.6) is 0 Å². The highest BCUT2D eigenvalue weighted by atomic mass is 19.1. The van der Waals surface area contributed by atoms with Gasteiger partial charge in [-0.3, -0.25) is 19.5 Å². The molecular weight excluding hydrogens is 349 g/mol. The number of hydrogen-bond donors (Lipinski definition) is 1. The maximum Gasteiger partial charge on any atom is 0.274 e. The van der Waals surface area contributed by atoms with E-state index in [-0.39, 0.29) is 17.6 Å². The molecule has 1 aliphatic heterocycles. The van der Waals surface area contributed by atoms with E-state index < -0.39 is 0 Å². The molecule has 1 aromatic heterocycles. The molecule has 2 heterocycles. The molecule has 1 fully saturated rings. The van der Waals surface area contributed by atoms with Crippen molar-refractivity contribution in [3.63, 3.8) is 0 Å². The van der Waals surface area contributed by atoms with Gasteiger partial charge in [0.05, 0.1) is 12.7 Å². The number of halogens is 1. The lowest BCUT2D eigenvalue weighted by Gasteiger charge is -2.34. The number of carbonyl (C=O) groups is 2. The summed E-state index contributed by atoms with van der Waals surface area (Å²) in [6.45, 7) is 3.19. The van der Waals surface area contributed by atoms with Gasteiger partial charge in [-0.05, 0) is 24.1 Å². The standard InChI is InChI=1S/C19H22FN5O2/c20-16-3-1-15(2-4-16)5-6-23-18(26)14-24-9-11-25(12-10-24)19(27)17-13-21-7-8-22-17/h1-4,7-8,13H,5-6,9-12,14H2,(H,23,26). The van der Waals surface area contributed by atoms with Gasteiger partial charge in [-0.2, -0.15) is 0 Å². The van der Waals surface area contributed by atoms with E-state index >= 15 is 0 Å². The average molecular weight is 371 g/mol. The maximum absolute atomic E-state index is 12.9. The van der Waals surface area contributed by atoms with Crippen LogP contribution >= 0.6 is 0 Å². The van der Waals surface area contributed by atoms with E-state index in [1.807, 2.05) is 4.90 Å². The summed E-state index contributed by atoms with van der Waals surface area (Å²) in [7, 11) is 0. The predicted molar refractivity (Wildman–Crippen MR) is 97.5 cm³/mol. The van der Waals surface area contributed by atoms with Crippen LogP contribution in [0.25, 0.3) is 0 Å². The van der Waals surface area contributed by atoms with Crippen LogP contribution in [0.15, 0.2) is 42.9 Å². The number of rotatable bonds is 6. The lowest BCUT2D eigenvalue weighted by atomic mass is 10.1. The molecule has 2 amide bonds. The second kappa shape index (κ2) is 9.18. The molecule has 3 rings (SSSR count). The van der Waals surface area contributed by atoms with Crippen molar-refractivity contribution in [2.75, 3.05) is 39.3 Å². The normalized spacial score (nSPS) is 14.8. The van der Waals surface area contributed by atoms with Crippen molar-refractivity contribution >= 4 is 11.8 Å². The summed E-state index contributed by atoms with van der Waals surface area (Å²) in [4.78, 5) is 36.1. The summed E-state index contributed by atoms with van der Waals surface area (Å²) >= 11 is 0. The number of piperazine rings is 1. The largest absolute Gasteiger partial charge is 0.355 e. The minimum atomic E-state index is -0.264. The fourth-order valence-corrected chi connectivity index (χ4v) is 2.94. The van der Waals surface area contributed by atoms with Crippen molar-refractivity contribution in [1.82, 2.24) is 25.1 Å². The van der Waals surface area contributed by atoms with Gasteiger partial charge >= 0.3 is 0 Å². The molecule has 0 spiro atoms. The quantitative estimate of drug-likeness (QED) is 0.810. The first kappa shape index (κ1) is 18.9. The number of nitrogens with one attached hydrogen (secondary N) is 1. The molecule has 7 nitrogen and oxygen atoms in total. The van der Waals surface area contributed by atoms with Crippen LogP contribution in [0.3, 0.4) is 0 Å². The number of benzene rings is 1. The fraction of sp³-hybridized carbons (Fsp3) is 0.368. The van der Waals surface area contributed by atoms with Crippen LogP contribution in [0.2, 0.25) is 0 Å². The molecule has 2 aromatic rings. The summed E-state index contributed by atoms with van der Waals surface area (Å²) in [6, 6.07) is 6.27. The molecule has 0 atom stereocenters. The monoisotopic (exact) mass is 371 g/mol. The van der Waals surface area contributed by atoms with Gasteiger partial charge < -0.3 is 10.2 Å². The average Bonchev–Trinajstić information content (AvgIpc) is 2.70. The number of nitrogens with zero attached hydrogens (tertiary/aromatic N) is 4. The predicted octanol–water partition coefficient (Wildman–Crippen LogP) is 0.732. The van der Waals surface area contributed by atoms with E-state index in [4.69, 9.17) is 0 Å². The van der Waals surface area contributed by atoms with E-state index in [1.54, 1.807) is 17.0 Å². The van der Waals surface area contributed by atoms with E-state index in [0.717, 1.165) is 5.56 Å². The molecule has 0 aliphatic carbocycles. The smallest absolute Gasteiger partial charge is 0.274 e. The Balaban J connectivity index is 1.36. The van der Waals surface area contributed by atoms with Gasteiger partial charge in [0, 0.05) is 45.1 Å². The van der Waals surface area contributed by atoms with Gasteiger partial charge in [-0.15, -0.1) is 0 Å². The van der Waals surface area contributed by atoms with E-state index in [9.17, 15) is 14.0 Å². The zero-order chi connectivity index (χ0) is 19.1. The van der Waals surface area contributed by atoms with Crippen molar-refractivity contribution in [1.29, 1.82) is 0 Å². The number of carbonyl (C=O) groups excluding carboxylic acids is 2. The second-order valence-corrected chi connectivity index (χ2v) is 6.39. The molecule has 1 N–H and O–H groups in total. The minimum Gasteiger partial charge on any atom is -0.355 e. The van der Waals surface area contributed by atoms with Gasteiger partial charge in [0.2, 0.25) is 5.91 Å². The number of amides is 2. The first-order valence-corrected chi connectivity index (χ1v) is 8.90. The summed E-state index contributed by atoms with van der Waals surface area (Å²) < 4.78 is 12.9. The van der Waals surface area contributed by atoms with Gasteiger partial charge in [0.15, 0.2) is 0 Å². The van der Waals surface area contributed by atoms with Gasteiger partial charge in [0.1, 0.15) is 11.5 Å². The van der Waals surface area contributed by atoms with Crippen molar-refractivity contribution in [3.8, 4) is 0 Å². The van der Waals surface area contributed by atoms with Gasteiger partial charge in [-0.1, -0.05) is 12.1 Å². The van der Waals surface area contributed by atoms with Crippen LogP contribution in [-0.2, 0) is 11.2 Å². The Kier molecular flexibility index (Phi) is 6.43. The van der Waals surface area contributed by atoms with Crippen LogP contribution in [0.4, 0.5) is 4.39 Å². The Hall–Kier alpha value is -2.87. The number of hydrogen-bond acceptors (Lipinski definition) is 5. The zero-order valence-electron chi connectivity index (χ0n) is 15.0. The summed E-state index contributed by atoms with van der Waals surface area (Å²) in [5, 5.41) is 2.88. The van der Waals surface area contributed by atoms with Crippen molar-refractivity contribution < 1.29 is 14.0 Å². The van der Waals surface area contributed by atoms with E-state index in [2.05, 4.69) is 15.3 Å². The molecule has 8 heteroatoms. The number of aromatic nitrogens is 2. The lowest BCUT2D eigenvalue weighted by Crippen LogP contribution is -2.51. The Morgan fingerprint density at radius 2 is 1.81 bits per heavy atom. The summed E-state index contributed by atoms with van der Waals surface area (Å²) in [6.07, 6.45) is 5.15. The maximum atomic E-state index is 12.9. The molecule has 0 unspecified atom stereocenters. The third kappa shape index (κ3) is 5.55. The fourth-order valence-electron chi connectivity index (χ4n) is 2.94. The molecule has 0 bridgehead atoms. The molecule has 27 heavy (non-hydrogen) atoms. The zero-order valence-corrected chi connectivity index (χ0v) is 15.0. The summed E-state index contributed by atoms with van der Waals surface area (Å²) in [5.41, 5.74) is 1.32. The Bertz CT molecular complexity index is 761. The molecule has 0 saturated carbocycles. The first-order valence-electron chi connectivity index (χ1n) is 8.90. The molecule has 1 aromatic carbocycles. The van der Waals surface area contributed by atoms with Crippen molar-refractivity contribution in [2.45, 2.75) is 6.42 Å². The second-order valence-electron chi connectivity index (χ2n) is 6.39. The molecular formula is C19H22FN5O2. The Morgan fingerprint density at radius 1 is 1.07 bits per heavy atom. The highest BCUT2D eigenvalue weighted by Gasteiger charge is 2.23. The molecule has 1 saturated heterocycles. The van der Waals surface area contributed by atoms with E-state index in [1.165, 1.54) is 30.7 Å². The van der Waals surface area contributed by atoms with Gasteiger partial charge in [-0.25, -0.2) is 9.37 Å². The highest BCUT2D eigenvalue weighted by molar-refractivity contribution is 5.92. The first-order chi connectivity index (χ1) is 13.1. The molecule has 1 aliphatic rings. The molecule has 0 radical (unpaired) electrons. The van der Waals surface area contributed by atoms with E-state index in [0.29, 0.717) is 51.4 Å². The van der Waals surface area contributed by atoms with Crippen molar-refractivity contribution in [3.05, 3.63) is 59.9 Å². The third-order valence-corrected chi connectivity index (χ3v) is 4.46. The van der Waals surface area contributed by atoms with Crippen LogP contribution in [0, 0.1) is 5.82 Å². The topological polar surface area (TPSA) is 78.4 Å². The van der Waals surface area contributed by atoms with Gasteiger partial charge in [0.25, 0.3) is 5.91 Å². The van der Waals surface area contributed by atoms with Crippen LogP contribution < -0.4 is 5.32 Å². The molecule has 142 valence electrons. The summed E-state index contributed by atoms with van der Waals surface area (Å²) in [5.74, 6) is -0.447. The minimum absolute atomic E-state index is 0.0502. The lowest BCUT2D eigenvalue weighted by molar-refractivity contribution is -0.122. The van der Waals surface area contributed by atoms with Crippen LogP contribution in [-0.4, -0.2) is 70.9 Å². The third-order valence-electron chi connectivity index (χ3n) is 4.46. The Morgan fingerprint density at radius 3 is 2.48 bits per heavy atom. The van der Waals surface area contributed by atoms with Crippen LogP contribution in [0.1, 0.15) is 16.1 Å².